The van der Waals surface area contributed by atoms with Crippen molar-refractivity contribution in [3.05, 3.63) is 12.0 Å². The van der Waals surface area contributed by atoms with Crippen molar-refractivity contribution in [3.8, 4) is 0 Å². The van der Waals surface area contributed by atoms with E-state index in [2.05, 4.69) is 10.3 Å². The van der Waals surface area contributed by atoms with Crippen molar-refractivity contribution in [2.75, 3.05) is 32.7 Å². The molecule has 0 radical (unpaired) electrons. The van der Waals surface area contributed by atoms with Crippen molar-refractivity contribution >= 4 is 11.7 Å². The van der Waals surface area contributed by atoms with Crippen LogP contribution >= 0.6 is 0 Å². The number of fused-ring (bicyclic) bond motifs is 1. The van der Waals surface area contributed by atoms with Crippen LogP contribution in [0.4, 0.5) is 5.82 Å². The molecule has 4 unspecified atom stereocenters. The van der Waals surface area contributed by atoms with Gasteiger partial charge in [0.25, 0.3) is 0 Å². The van der Waals surface area contributed by atoms with Gasteiger partial charge in [-0.2, -0.15) is 0 Å². The Labute approximate surface area is 121 Å². The smallest absolute Gasteiger partial charge is 0.166 e. The molecule has 0 amide bonds. The van der Waals surface area contributed by atoms with Gasteiger partial charge in [-0.25, -0.2) is 4.98 Å². The first-order chi connectivity index (χ1) is 10.1. The summed E-state index contributed by atoms with van der Waals surface area (Å²) < 4.78 is 12.7. The summed E-state index contributed by atoms with van der Waals surface area (Å²) in [6.45, 7) is 0.189. The van der Waals surface area contributed by atoms with Gasteiger partial charge in [0.2, 0.25) is 0 Å². The molecule has 0 saturated carbocycles. The summed E-state index contributed by atoms with van der Waals surface area (Å²) in [5, 5.41) is 30.5. The third-order valence-corrected chi connectivity index (χ3v) is 3.92. The van der Waals surface area contributed by atoms with Gasteiger partial charge in [0.15, 0.2) is 12.1 Å². The molecule has 2 aliphatic rings. The lowest BCUT2D eigenvalue weighted by molar-refractivity contribution is -0.0592. The third-order valence-electron chi connectivity index (χ3n) is 3.92. The van der Waals surface area contributed by atoms with Crippen LogP contribution in [-0.2, 0) is 9.47 Å². The van der Waals surface area contributed by atoms with Crippen LogP contribution in [0, 0.1) is 5.41 Å². The molecule has 3 heterocycles. The number of nitrogens with one attached hydrogen (secondary N) is 2. The molecule has 1 saturated heterocycles. The summed E-state index contributed by atoms with van der Waals surface area (Å²) in [5.41, 5.74) is 0.518. The Balaban J connectivity index is 1.95. The lowest BCUT2D eigenvalue weighted by Gasteiger charge is -2.28. The number of aromatic nitrogens is 2. The monoisotopic (exact) mass is 297 g/mol. The number of hydrogen-bond acceptors (Lipinski definition) is 7. The molecule has 0 aliphatic carbocycles. The number of imidazole rings is 1. The van der Waals surface area contributed by atoms with E-state index in [1.807, 2.05) is 0 Å². The first kappa shape index (κ1) is 14.3. The highest BCUT2D eigenvalue weighted by molar-refractivity contribution is 6.00. The first-order valence-corrected chi connectivity index (χ1v) is 6.66. The summed E-state index contributed by atoms with van der Waals surface area (Å²) >= 11 is 0. The number of amidine groups is 1. The van der Waals surface area contributed by atoms with Crippen LogP contribution in [0.15, 0.2) is 6.33 Å². The molecule has 2 aliphatic heterocycles. The Morgan fingerprint density at radius 3 is 3.05 bits per heavy atom. The van der Waals surface area contributed by atoms with Crippen molar-refractivity contribution in [1.29, 1.82) is 5.41 Å². The Kier molecular flexibility index (Phi) is 3.57. The molecule has 0 bridgehead atoms. The van der Waals surface area contributed by atoms with Gasteiger partial charge in [0.05, 0.1) is 19.6 Å². The number of nitrogens with zero attached hydrogens (tertiary/aromatic N) is 3. The fraction of sp³-hybridized carbons (Fsp3) is 0.667. The summed E-state index contributed by atoms with van der Waals surface area (Å²) in [4.78, 5) is 5.96. The van der Waals surface area contributed by atoms with Crippen LogP contribution in [0.5, 0.6) is 0 Å². The van der Waals surface area contributed by atoms with Crippen molar-refractivity contribution in [2.45, 2.75) is 24.5 Å². The average molecular weight is 297 g/mol. The van der Waals surface area contributed by atoms with Crippen molar-refractivity contribution < 1.29 is 19.7 Å². The summed E-state index contributed by atoms with van der Waals surface area (Å²) in [7, 11) is 3.28. The largest absolute Gasteiger partial charge is 0.394 e. The Hall–Kier alpha value is -1.68. The maximum atomic E-state index is 10.1. The molecule has 1 fully saturated rings. The van der Waals surface area contributed by atoms with Crippen LogP contribution in [0.2, 0.25) is 0 Å². The molecule has 21 heavy (non-hydrogen) atoms. The van der Waals surface area contributed by atoms with Gasteiger partial charge in [-0.3, -0.25) is 9.98 Å². The number of aliphatic hydroxyl groups is 2. The van der Waals surface area contributed by atoms with E-state index in [1.165, 1.54) is 7.11 Å². The molecular weight excluding hydrogens is 278 g/mol. The molecule has 1 aromatic rings. The minimum atomic E-state index is -0.922. The zero-order chi connectivity index (χ0) is 15.1. The van der Waals surface area contributed by atoms with E-state index in [0.29, 0.717) is 24.0 Å². The van der Waals surface area contributed by atoms with Crippen LogP contribution in [0.3, 0.4) is 0 Å². The molecule has 0 spiro atoms. The number of anilines is 1. The van der Waals surface area contributed by atoms with Crippen LogP contribution in [0.25, 0.3) is 0 Å². The van der Waals surface area contributed by atoms with Crippen LogP contribution < -0.4 is 5.32 Å². The average Bonchev–Trinajstić information content (AvgIpc) is 3.03. The molecule has 9 nitrogen and oxygen atoms in total. The number of methoxy groups -OCH3 is 1. The topological polar surface area (TPSA) is 116 Å². The number of rotatable bonds is 3. The second-order valence-corrected chi connectivity index (χ2v) is 5.17. The fourth-order valence-electron chi connectivity index (χ4n) is 2.70. The highest BCUT2D eigenvalue weighted by atomic mass is 16.6. The highest BCUT2D eigenvalue weighted by Gasteiger charge is 2.46. The molecule has 116 valence electrons. The first-order valence-electron chi connectivity index (χ1n) is 6.66. The van der Waals surface area contributed by atoms with Gasteiger partial charge >= 0.3 is 0 Å². The van der Waals surface area contributed by atoms with Crippen LogP contribution in [0.1, 0.15) is 11.9 Å². The lowest BCUT2D eigenvalue weighted by atomic mass is 10.1. The molecule has 0 aromatic carbocycles. The molecule has 9 heteroatoms. The van der Waals surface area contributed by atoms with Gasteiger partial charge in [0, 0.05) is 14.2 Å². The van der Waals surface area contributed by atoms with E-state index >= 15 is 0 Å². The predicted octanol–water partition coefficient (Wildman–Crippen LogP) is -1.21. The zero-order valence-corrected chi connectivity index (χ0v) is 11.9. The Morgan fingerprint density at radius 2 is 2.38 bits per heavy atom. The minimum Gasteiger partial charge on any atom is -0.394 e. The van der Waals surface area contributed by atoms with E-state index in [1.54, 1.807) is 22.8 Å². The molecule has 4 N–H and O–H groups in total. The van der Waals surface area contributed by atoms with Gasteiger partial charge in [-0.05, 0) is 0 Å². The summed E-state index contributed by atoms with van der Waals surface area (Å²) in [5.74, 6) is 0.963. The van der Waals surface area contributed by atoms with Crippen molar-refractivity contribution in [1.82, 2.24) is 14.5 Å². The summed E-state index contributed by atoms with van der Waals surface area (Å²) in [6.07, 6.45) is -1.30. The number of aliphatic hydroxyl groups excluding tert-OH is 2. The molecular formula is C12H19N5O4. The standard InChI is InChI=1S/C12H19N5O4/c1-16-4-15-11-7(10(16)13)14-5-17(11)12-9(20-2)8(19)6(3-18)21-12/h5-6,8-9,12-13,15,18-19H,3-4H2,1-2H3. The van der Waals surface area contributed by atoms with Crippen molar-refractivity contribution in [2.24, 2.45) is 0 Å². The fourth-order valence-corrected chi connectivity index (χ4v) is 2.70. The normalized spacial score (nSPS) is 32.2. The van der Waals surface area contributed by atoms with Gasteiger partial charge in [-0.1, -0.05) is 0 Å². The maximum Gasteiger partial charge on any atom is 0.166 e. The minimum absolute atomic E-state index is 0.291. The van der Waals surface area contributed by atoms with Crippen LogP contribution in [-0.4, -0.2) is 76.2 Å². The van der Waals surface area contributed by atoms with Gasteiger partial charge in [-0.15, -0.1) is 0 Å². The van der Waals surface area contributed by atoms with E-state index in [0.717, 1.165) is 0 Å². The van der Waals surface area contributed by atoms with Gasteiger partial charge < -0.3 is 29.9 Å². The summed E-state index contributed by atoms with van der Waals surface area (Å²) in [6, 6.07) is 0. The Bertz CT molecular complexity index is 548. The second-order valence-electron chi connectivity index (χ2n) is 5.17. The molecule has 4 atom stereocenters. The molecule has 3 rings (SSSR count). The predicted molar refractivity (Wildman–Crippen MR) is 73.1 cm³/mol. The SMILES string of the molecule is COC1C(O)C(CO)OC1n1cnc2c1NCN(C)C2=N. The number of hydrogen-bond donors (Lipinski definition) is 4. The van der Waals surface area contributed by atoms with E-state index in [9.17, 15) is 10.2 Å². The highest BCUT2D eigenvalue weighted by Crippen LogP contribution is 2.35. The number of ether oxygens (including phenoxy) is 2. The third kappa shape index (κ3) is 2.09. The van der Waals surface area contributed by atoms with Gasteiger partial charge in [0.1, 0.15) is 29.8 Å². The van der Waals surface area contributed by atoms with E-state index in [4.69, 9.17) is 14.9 Å². The zero-order valence-electron chi connectivity index (χ0n) is 11.9. The Morgan fingerprint density at radius 1 is 1.62 bits per heavy atom. The van der Waals surface area contributed by atoms with E-state index in [-0.39, 0.29) is 6.61 Å². The quantitative estimate of drug-likeness (QED) is 0.553. The maximum absolute atomic E-state index is 10.1. The second kappa shape index (κ2) is 5.26. The lowest BCUT2D eigenvalue weighted by Crippen LogP contribution is -2.38. The van der Waals surface area contributed by atoms with E-state index < -0.39 is 24.5 Å². The molecule has 1 aromatic heterocycles. The van der Waals surface area contributed by atoms with Crippen molar-refractivity contribution in [3.63, 3.8) is 0 Å².